The van der Waals surface area contributed by atoms with E-state index < -0.39 is 0 Å². The van der Waals surface area contributed by atoms with Gasteiger partial charge in [-0.2, -0.15) is 5.10 Å². The number of carbonyl (C=O) groups excluding carboxylic acids is 1. The van der Waals surface area contributed by atoms with Crippen LogP contribution in [-0.2, 0) is 0 Å². The maximum atomic E-state index is 12.5. The topological polar surface area (TPSA) is 97.8 Å². The van der Waals surface area contributed by atoms with Crippen LogP contribution in [0.25, 0.3) is 0 Å². The Bertz CT molecular complexity index is 814. The number of carbonyl (C=O) groups is 1. The lowest BCUT2D eigenvalue weighted by Crippen LogP contribution is -2.29. The van der Waals surface area contributed by atoms with Crippen LogP contribution in [0.4, 0.5) is 11.5 Å². The van der Waals surface area contributed by atoms with Gasteiger partial charge in [0.05, 0.1) is 33.2 Å². The van der Waals surface area contributed by atoms with E-state index in [-0.39, 0.29) is 5.91 Å². The van der Waals surface area contributed by atoms with Gasteiger partial charge in [0.1, 0.15) is 0 Å². The van der Waals surface area contributed by atoms with Crippen molar-refractivity contribution in [1.82, 2.24) is 15.5 Å². The van der Waals surface area contributed by atoms with Gasteiger partial charge in [0.15, 0.2) is 17.3 Å². The number of amides is 1. The van der Waals surface area contributed by atoms with Crippen molar-refractivity contribution in [1.29, 1.82) is 0 Å². The third-order valence-corrected chi connectivity index (χ3v) is 4.75. The number of nitrogens with one attached hydrogen (secondary N) is 2. The first kappa shape index (κ1) is 20.5. The molecule has 9 heteroatoms. The number of hydrogen-bond donors (Lipinski definition) is 2. The highest BCUT2D eigenvalue weighted by Crippen LogP contribution is 2.38. The van der Waals surface area contributed by atoms with Crippen LogP contribution in [0.1, 0.15) is 23.2 Å². The normalized spacial score (nSPS) is 13.1. The molecule has 0 atom stereocenters. The Morgan fingerprint density at radius 3 is 2.34 bits per heavy atom. The molecule has 0 unspecified atom stereocenters. The predicted octanol–water partition coefficient (Wildman–Crippen LogP) is 1.94. The average molecular weight is 401 g/mol. The summed E-state index contributed by atoms with van der Waals surface area (Å²) in [7, 11) is 4.55. The van der Waals surface area contributed by atoms with Gasteiger partial charge in [-0.15, -0.1) is 5.10 Å². The zero-order chi connectivity index (χ0) is 20.6. The molecule has 1 saturated heterocycles. The Balaban J connectivity index is 1.54. The minimum Gasteiger partial charge on any atom is -0.493 e. The zero-order valence-corrected chi connectivity index (χ0v) is 17.0. The minimum absolute atomic E-state index is 0.233. The van der Waals surface area contributed by atoms with Crippen molar-refractivity contribution < 1.29 is 19.0 Å². The van der Waals surface area contributed by atoms with Crippen LogP contribution in [0, 0.1) is 0 Å². The largest absolute Gasteiger partial charge is 0.493 e. The molecule has 9 nitrogen and oxygen atoms in total. The highest BCUT2D eigenvalue weighted by atomic mass is 16.5. The average Bonchev–Trinajstić information content (AvgIpc) is 3.30. The Hall–Kier alpha value is -3.23. The quantitative estimate of drug-likeness (QED) is 0.616. The van der Waals surface area contributed by atoms with Crippen LogP contribution in [0.5, 0.6) is 17.2 Å². The van der Waals surface area contributed by atoms with Crippen LogP contribution < -0.4 is 29.7 Å². The second-order valence-electron chi connectivity index (χ2n) is 6.59. The molecule has 156 valence electrons. The molecule has 1 aromatic heterocycles. The second kappa shape index (κ2) is 9.81. The van der Waals surface area contributed by atoms with E-state index in [0.717, 1.165) is 18.8 Å². The van der Waals surface area contributed by atoms with Gasteiger partial charge in [0.25, 0.3) is 5.91 Å². The van der Waals surface area contributed by atoms with Crippen molar-refractivity contribution in [2.45, 2.75) is 12.8 Å². The number of aromatic nitrogens is 2. The van der Waals surface area contributed by atoms with Crippen molar-refractivity contribution in [2.75, 3.05) is 57.7 Å². The Morgan fingerprint density at radius 1 is 1.03 bits per heavy atom. The van der Waals surface area contributed by atoms with Gasteiger partial charge in [-0.25, -0.2) is 0 Å². The molecular formula is C20H27N5O4. The van der Waals surface area contributed by atoms with Gasteiger partial charge in [0, 0.05) is 37.8 Å². The van der Waals surface area contributed by atoms with E-state index in [4.69, 9.17) is 14.2 Å². The number of nitrogens with zero attached hydrogens (tertiary/aromatic N) is 3. The predicted molar refractivity (Wildman–Crippen MR) is 110 cm³/mol. The summed E-state index contributed by atoms with van der Waals surface area (Å²) in [5.74, 6) is 1.78. The molecule has 1 amide bonds. The molecule has 0 saturated carbocycles. The van der Waals surface area contributed by atoms with Crippen molar-refractivity contribution in [2.24, 2.45) is 0 Å². The minimum atomic E-state index is -0.233. The lowest BCUT2D eigenvalue weighted by atomic mass is 10.1. The molecule has 0 aliphatic carbocycles. The number of benzene rings is 1. The summed E-state index contributed by atoms with van der Waals surface area (Å²) in [5, 5.41) is 14.2. The van der Waals surface area contributed by atoms with Crippen LogP contribution in [0.3, 0.4) is 0 Å². The summed E-state index contributed by atoms with van der Waals surface area (Å²) in [6.07, 6.45) is 4.19. The highest BCUT2D eigenvalue weighted by Gasteiger charge is 2.17. The zero-order valence-electron chi connectivity index (χ0n) is 17.0. The molecule has 2 heterocycles. The summed E-state index contributed by atoms with van der Waals surface area (Å²) in [6, 6.07) is 5.23. The maximum absolute atomic E-state index is 12.5. The molecule has 1 aliphatic heterocycles. The van der Waals surface area contributed by atoms with Crippen LogP contribution in [-0.4, -0.2) is 63.6 Å². The molecule has 0 spiro atoms. The first-order chi connectivity index (χ1) is 14.2. The summed E-state index contributed by atoms with van der Waals surface area (Å²) >= 11 is 0. The van der Waals surface area contributed by atoms with Crippen molar-refractivity contribution in [3.8, 4) is 17.2 Å². The fourth-order valence-electron chi connectivity index (χ4n) is 3.27. The van der Waals surface area contributed by atoms with Crippen molar-refractivity contribution in [3.63, 3.8) is 0 Å². The van der Waals surface area contributed by atoms with E-state index in [2.05, 4.69) is 25.7 Å². The molecule has 0 bridgehead atoms. The Morgan fingerprint density at radius 2 is 1.72 bits per heavy atom. The third-order valence-electron chi connectivity index (χ3n) is 4.75. The standard InChI is InChI=1S/C20H27N5O4/c1-27-16-10-14(11-17(28-2)19(16)29-3)20(26)22-7-6-21-18-12-15(13-23-24-18)25-8-4-5-9-25/h10-13H,4-9H2,1-3H3,(H,21,24)(H,22,26). The molecular weight excluding hydrogens is 374 g/mol. The van der Waals surface area contributed by atoms with Crippen molar-refractivity contribution in [3.05, 3.63) is 30.0 Å². The molecule has 1 fully saturated rings. The van der Waals surface area contributed by atoms with E-state index >= 15 is 0 Å². The maximum Gasteiger partial charge on any atom is 0.251 e. The molecule has 2 N–H and O–H groups in total. The van der Waals surface area contributed by atoms with E-state index in [1.807, 2.05) is 6.07 Å². The van der Waals surface area contributed by atoms with Gasteiger partial charge in [-0.05, 0) is 25.0 Å². The molecule has 3 rings (SSSR count). The SMILES string of the molecule is COc1cc(C(=O)NCCNc2cc(N3CCCC3)cnn2)cc(OC)c1OC. The number of ether oxygens (including phenoxy) is 3. The summed E-state index contributed by atoms with van der Waals surface area (Å²) in [4.78, 5) is 14.8. The fourth-order valence-corrected chi connectivity index (χ4v) is 3.27. The molecule has 29 heavy (non-hydrogen) atoms. The summed E-state index contributed by atoms with van der Waals surface area (Å²) in [5.41, 5.74) is 1.50. The van der Waals surface area contributed by atoms with Gasteiger partial charge in [-0.3, -0.25) is 4.79 Å². The Kier molecular flexibility index (Phi) is 6.94. The first-order valence-corrected chi connectivity index (χ1v) is 9.56. The van der Waals surface area contributed by atoms with E-state index in [0.29, 0.717) is 41.7 Å². The van der Waals surface area contributed by atoms with E-state index in [1.165, 1.54) is 34.2 Å². The number of rotatable bonds is 9. The van der Waals surface area contributed by atoms with Gasteiger partial charge >= 0.3 is 0 Å². The van der Waals surface area contributed by atoms with Crippen LogP contribution in [0.15, 0.2) is 24.4 Å². The Labute approximate surface area is 170 Å². The number of hydrogen-bond acceptors (Lipinski definition) is 8. The lowest BCUT2D eigenvalue weighted by molar-refractivity contribution is 0.0954. The number of methoxy groups -OCH3 is 3. The fraction of sp³-hybridized carbons (Fsp3) is 0.450. The van der Waals surface area contributed by atoms with Crippen LogP contribution >= 0.6 is 0 Å². The number of anilines is 2. The molecule has 1 aliphatic rings. The van der Waals surface area contributed by atoms with E-state index in [9.17, 15) is 4.79 Å². The monoisotopic (exact) mass is 401 g/mol. The highest BCUT2D eigenvalue weighted by molar-refractivity contribution is 5.95. The lowest BCUT2D eigenvalue weighted by Gasteiger charge is -2.17. The smallest absolute Gasteiger partial charge is 0.251 e. The molecule has 0 radical (unpaired) electrons. The summed E-state index contributed by atoms with van der Waals surface area (Å²) < 4.78 is 15.9. The van der Waals surface area contributed by atoms with Crippen LogP contribution in [0.2, 0.25) is 0 Å². The summed E-state index contributed by atoms with van der Waals surface area (Å²) in [6.45, 7) is 3.05. The third kappa shape index (κ3) is 4.98. The molecule has 1 aromatic carbocycles. The molecule has 2 aromatic rings. The van der Waals surface area contributed by atoms with Gasteiger partial charge in [0.2, 0.25) is 5.75 Å². The van der Waals surface area contributed by atoms with Gasteiger partial charge < -0.3 is 29.7 Å². The first-order valence-electron chi connectivity index (χ1n) is 9.56. The van der Waals surface area contributed by atoms with E-state index in [1.54, 1.807) is 18.3 Å². The second-order valence-corrected chi connectivity index (χ2v) is 6.59. The van der Waals surface area contributed by atoms with Gasteiger partial charge in [-0.1, -0.05) is 0 Å². The van der Waals surface area contributed by atoms with Crippen molar-refractivity contribution >= 4 is 17.4 Å².